The van der Waals surface area contributed by atoms with Crippen molar-refractivity contribution in [1.82, 2.24) is 20.4 Å². The maximum atomic E-state index is 11.5. The lowest BCUT2D eigenvalue weighted by atomic mass is 10.3. The van der Waals surface area contributed by atoms with Crippen LogP contribution in [0.4, 0.5) is 0 Å². The van der Waals surface area contributed by atoms with Crippen LogP contribution in [0.2, 0.25) is 0 Å². The summed E-state index contributed by atoms with van der Waals surface area (Å²) in [4.78, 5) is 29.4. The molecule has 0 atom stereocenters. The summed E-state index contributed by atoms with van der Waals surface area (Å²) < 4.78 is 9.91. The van der Waals surface area contributed by atoms with Crippen molar-refractivity contribution < 1.29 is 14.1 Å². The Hall–Kier alpha value is -2.48. The average molecular weight is 278 g/mol. The Kier molecular flexibility index (Phi) is 4.61. The summed E-state index contributed by atoms with van der Waals surface area (Å²) in [6.45, 7) is 2.34. The Balaban J connectivity index is 1.98. The standard InChI is InChI=1S/C12H14N4O4/c1-2-19-7-9(17)14-6-10-15-11(16-20-10)8-4-3-5-13-12(8)18/h3-5H,2,6-7H2,1H3,(H,13,18)(H,14,17). The second kappa shape index (κ2) is 6.62. The zero-order chi connectivity index (χ0) is 14.4. The first-order chi connectivity index (χ1) is 9.70. The van der Waals surface area contributed by atoms with Crippen LogP contribution in [0.5, 0.6) is 0 Å². The van der Waals surface area contributed by atoms with Gasteiger partial charge in [-0.2, -0.15) is 4.98 Å². The van der Waals surface area contributed by atoms with Crippen molar-refractivity contribution in [3.8, 4) is 11.4 Å². The number of nitrogens with one attached hydrogen (secondary N) is 2. The van der Waals surface area contributed by atoms with Gasteiger partial charge in [-0.15, -0.1) is 0 Å². The number of hydrogen-bond acceptors (Lipinski definition) is 6. The molecule has 1 amide bonds. The quantitative estimate of drug-likeness (QED) is 0.774. The van der Waals surface area contributed by atoms with E-state index in [9.17, 15) is 9.59 Å². The first kappa shape index (κ1) is 13.9. The van der Waals surface area contributed by atoms with E-state index in [1.165, 1.54) is 6.20 Å². The van der Waals surface area contributed by atoms with E-state index < -0.39 is 0 Å². The topological polar surface area (TPSA) is 110 Å². The van der Waals surface area contributed by atoms with E-state index in [0.717, 1.165) is 0 Å². The molecule has 0 aliphatic rings. The lowest BCUT2D eigenvalue weighted by Crippen LogP contribution is -2.27. The third-order valence-corrected chi connectivity index (χ3v) is 2.40. The highest BCUT2D eigenvalue weighted by Gasteiger charge is 2.12. The highest BCUT2D eigenvalue weighted by molar-refractivity contribution is 5.77. The van der Waals surface area contributed by atoms with Crippen LogP contribution in [0.15, 0.2) is 27.6 Å². The van der Waals surface area contributed by atoms with Crippen LogP contribution < -0.4 is 10.9 Å². The SMILES string of the molecule is CCOCC(=O)NCc1nc(-c2ccc[nH]c2=O)no1. The maximum absolute atomic E-state index is 11.5. The van der Waals surface area contributed by atoms with Gasteiger partial charge in [0.1, 0.15) is 6.61 Å². The van der Waals surface area contributed by atoms with E-state index in [-0.39, 0.29) is 36.3 Å². The molecule has 8 heteroatoms. The van der Waals surface area contributed by atoms with Gasteiger partial charge in [0.15, 0.2) is 0 Å². The minimum absolute atomic E-state index is 0.0180. The molecule has 0 saturated heterocycles. The molecule has 2 aromatic rings. The van der Waals surface area contributed by atoms with Gasteiger partial charge in [0, 0.05) is 12.8 Å². The van der Waals surface area contributed by atoms with Crippen LogP contribution in [-0.2, 0) is 16.1 Å². The Bertz CT molecular complexity index is 634. The molecule has 106 valence electrons. The molecule has 2 rings (SSSR count). The van der Waals surface area contributed by atoms with Gasteiger partial charge in [0.05, 0.1) is 12.1 Å². The summed E-state index contributed by atoms with van der Waals surface area (Å²) in [5.74, 6) is 0.123. The Morgan fingerprint density at radius 1 is 1.55 bits per heavy atom. The molecule has 2 N–H and O–H groups in total. The Morgan fingerprint density at radius 2 is 2.40 bits per heavy atom. The number of carbonyl (C=O) groups excluding carboxylic acids is 1. The van der Waals surface area contributed by atoms with Crippen LogP contribution in [0.25, 0.3) is 11.4 Å². The third-order valence-electron chi connectivity index (χ3n) is 2.40. The number of amides is 1. The fourth-order valence-corrected chi connectivity index (χ4v) is 1.45. The summed E-state index contributed by atoms with van der Waals surface area (Å²) in [5, 5.41) is 6.27. The molecule has 8 nitrogen and oxygen atoms in total. The van der Waals surface area contributed by atoms with Crippen LogP contribution >= 0.6 is 0 Å². The zero-order valence-corrected chi connectivity index (χ0v) is 10.9. The smallest absolute Gasteiger partial charge is 0.259 e. The number of carbonyl (C=O) groups is 1. The van der Waals surface area contributed by atoms with Gasteiger partial charge in [-0.25, -0.2) is 0 Å². The van der Waals surface area contributed by atoms with E-state index in [2.05, 4.69) is 20.4 Å². The van der Waals surface area contributed by atoms with Crippen LogP contribution in [0.1, 0.15) is 12.8 Å². The molecule has 0 fully saturated rings. The lowest BCUT2D eigenvalue weighted by Gasteiger charge is -2.01. The number of hydrogen-bond donors (Lipinski definition) is 2. The monoisotopic (exact) mass is 278 g/mol. The molecule has 0 aliphatic carbocycles. The van der Waals surface area contributed by atoms with Gasteiger partial charge in [-0.3, -0.25) is 9.59 Å². The van der Waals surface area contributed by atoms with Gasteiger partial charge >= 0.3 is 0 Å². The molecule has 0 aliphatic heterocycles. The molecule has 0 radical (unpaired) electrons. The fourth-order valence-electron chi connectivity index (χ4n) is 1.45. The number of aromatic amines is 1. The normalized spacial score (nSPS) is 10.4. The average Bonchev–Trinajstić information content (AvgIpc) is 2.92. The minimum atomic E-state index is -0.305. The van der Waals surface area contributed by atoms with Gasteiger partial charge in [0.2, 0.25) is 17.6 Å². The number of rotatable bonds is 6. The van der Waals surface area contributed by atoms with E-state index in [1.807, 2.05) is 0 Å². The van der Waals surface area contributed by atoms with Crippen molar-refractivity contribution in [2.24, 2.45) is 0 Å². The zero-order valence-electron chi connectivity index (χ0n) is 10.9. The van der Waals surface area contributed by atoms with Gasteiger partial charge in [-0.05, 0) is 19.1 Å². The Morgan fingerprint density at radius 3 is 3.15 bits per heavy atom. The van der Waals surface area contributed by atoms with E-state index in [1.54, 1.807) is 19.1 Å². The minimum Gasteiger partial charge on any atom is -0.372 e. The van der Waals surface area contributed by atoms with E-state index >= 15 is 0 Å². The second-order valence-electron chi connectivity index (χ2n) is 3.84. The molecule has 0 saturated carbocycles. The number of nitrogens with zero attached hydrogens (tertiary/aromatic N) is 2. The van der Waals surface area contributed by atoms with Crippen molar-refractivity contribution in [2.75, 3.05) is 13.2 Å². The molecular weight excluding hydrogens is 264 g/mol. The van der Waals surface area contributed by atoms with Crippen molar-refractivity contribution in [2.45, 2.75) is 13.5 Å². The van der Waals surface area contributed by atoms with E-state index in [4.69, 9.17) is 9.26 Å². The van der Waals surface area contributed by atoms with Crippen molar-refractivity contribution in [1.29, 1.82) is 0 Å². The third kappa shape index (κ3) is 3.51. The first-order valence-electron chi connectivity index (χ1n) is 6.05. The Labute approximate surface area is 114 Å². The summed E-state index contributed by atoms with van der Waals surface area (Å²) in [6.07, 6.45) is 1.51. The summed E-state index contributed by atoms with van der Waals surface area (Å²) in [7, 11) is 0. The molecule has 0 unspecified atom stereocenters. The van der Waals surface area contributed by atoms with Crippen molar-refractivity contribution in [3.05, 3.63) is 34.6 Å². The summed E-state index contributed by atoms with van der Waals surface area (Å²) in [5.41, 5.74) is 0.00312. The van der Waals surface area contributed by atoms with Crippen molar-refractivity contribution >= 4 is 5.91 Å². The van der Waals surface area contributed by atoms with Gasteiger partial charge < -0.3 is 19.6 Å². The molecular formula is C12H14N4O4. The van der Waals surface area contributed by atoms with Crippen LogP contribution in [0.3, 0.4) is 0 Å². The number of pyridine rings is 1. The summed E-state index contributed by atoms with van der Waals surface area (Å²) >= 11 is 0. The van der Waals surface area contributed by atoms with Gasteiger partial charge in [0.25, 0.3) is 5.56 Å². The molecule has 0 aromatic carbocycles. The molecule has 20 heavy (non-hydrogen) atoms. The summed E-state index contributed by atoms with van der Waals surface area (Å²) in [6, 6.07) is 3.25. The predicted octanol–water partition coefficient (Wildman–Crippen LogP) is 0.0776. The molecule has 0 spiro atoms. The van der Waals surface area contributed by atoms with Crippen molar-refractivity contribution in [3.63, 3.8) is 0 Å². The first-order valence-corrected chi connectivity index (χ1v) is 6.05. The number of aromatic nitrogens is 3. The lowest BCUT2D eigenvalue weighted by molar-refractivity contribution is -0.125. The fraction of sp³-hybridized carbons (Fsp3) is 0.333. The van der Waals surface area contributed by atoms with E-state index in [0.29, 0.717) is 12.2 Å². The predicted molar refractivity (Wildman–Crippen MR) is 68.7 cm³/mol. The van der Waals surface area contributed by atoms with Crippen LogP contribution in [-0.4, -0.2) is 34.2 Å². The van der Waals surface area contributed by atoms with Gasteiger partial charge in [-0.1, -0.05) is 5.16 Å². The molecule has 2 aromatic heterocycles. The highest BCUT2D eigenvalue weighted by Crippen LogP contribution is 2.09. The second-order valence-corrected chi connectivity index (χ2v) is 3.84. The highest BCUT2D eigenvalue weighted by atomic mass is 16.5. The molecule has 0 bridgehead atoms. The van der Waals surface area contributed by atoms with Crippen LogP contribution in [0, 0.1) is 0 Å². The molecule has 2 heterocycles. The number of ether oxygens (including phenoxy) is 1. The largest absolute Gasteiger partial charge is 0.372 e. The number of H-pyrrole nitrogens is 1. The maximum Gasteiger partial charge on any atom is 0.259 e.